The molecule has 0 aliphatic rings. The van der Waals surface area contributed by atoms with Gasteiger partial charge < -0.3 is 4.74 Å². The minimum absolute atomic E-state index is 0.222. The second-order valence-corrected chi connectivity index (χ2v) is 2.95. The quantitative estimate of drug-likeness (QED) is 0.699. The van der Waals surface area contributed by atoms with Crippen molar-refractivity contribution in [2.75, 3.05) is 0 Å². The number of ether oxygens (including phenoxy) is 1. The highest BCUT2D eigenvalue weighted by Gasteiger charge is 2.31. The molecule has 0 radical (unpaired) electrons. The van der Waals surface area contributed by atoms with Crippen LogP contribution in [-0.2, 0) is 0 Å². The molecule has 15 heavy (non-hydrogen) atoms. The minimum atomic E-state index is -4.67. The summed E-state index contributed by atoms with van der Waals surface area (Å²) in [5, 5.41) is 0.222. The van der Waals surface area contributed by atoms with Gasteiger partial charge in [0.25, 0.3) is 0 Å². The zero-order valence-corrected chi connectivity index (χ0v) is 9.41. The van der Waals surface area contributed by atoms with Crippen LogP contribution in [0.5, 0.6) is 5.75 Å². The molecule has 0 N–H and O–H groups in total. The highest BCUT2D eigenvalue weighted by atomic mass is 35.5. The van der Waals surface area contributed by atoms with Gasteiger partial charge in [-0.05, 0) is 30.7 Å². The Bertz CT molecular complexity index is 290. The van der Waals surface area contributed by atoms with Crippen molar-refractivity contribution in [1.29, 1.82) is 0 Å². The van der Waals surface area contributed by atoms with Gasteiger partial charge in [-0.1, -0.05) is 25.4 Å². The van der Waals surface area contributed by atoms with Gasteiger partial charge in [-0.25, -0.2) is 0 Å². The van der Waals surface area contributed by atoms with E-state index in [4.69, 9.17) is 11.6 Å². The Balaban J connectivity index is 0.000000921. The topological polar surface area (TPSA) is 9.23 Å². The van der Waals surface area contributed by atoms with Gasteiger partial charge in [0.05, 0.1) is 0 Å². The predicted molar refractivity (Wildman–Crippen MR) is 54.2 cm³/mol. The molecule has 0 atom stereocenters. The lowest BCUT2D eigenvalue weighted by Gasteiger charge is -2.09. The summed E-state index contributed by atoms with van der Waals surface area (Å²) in [6.45, 7) is 5.63. The molecule has 86 valence electrons. The van der Waals surface area contributed by atoms with Gasteiger partial charge in [0, 0.05) is 5.02 Å². The molecule has 5 heteroatoms. The number of hydrogen-bond donors (Lipinski definition) is 0. The normalized spacial score (nSPS) is 10.3. The van der Waals surface area contributed by atoms with Gasteiger partial charge in [-0.2, -0.15) is 0 Å². The molecule has 0 amide bonds. The molecule has 0 aliphatic carbocycles. The predicted octanol–water partition coefficient (Wildman–Crippen LogP) is 4.57. The van der Waals surface area contributed by atoms with Crippen molar-refractivity contribution in [2.24, 2.45) is 0 Å². The molecule has 0 aliphatic heterocycles. The molecule has 1 nitrogen and oxygen atoms in total. The molecule has 0 bridgehead atoms. The lowest BCUT2D eigenvalue weighted by Crippen LogP contribution is -2.17. The molecule has 0 heterocycles. The van der Waals surface area contributed by atoms with E-state index in [-0.39, 0.29) is 10.8 Å². The van der Waals surface area contributed by atoms with Gasteiger partial charge in [-0.15, -0.1) is 13.2 Å². The zero-order chi connectivity index (χ0) is 12.1. The number of benzene rings is 1. The summed E-state index contributed by atoms with van der Waals surface area (Å²) < 4.78 is 38.9. The third-order valence-corrected chi connectivity index (χ3v) is 1.47. The SMILES string of the molecule is CC.Cc1cc(Cl)cc(OC(F)(F)F)c1. The number of alkyl halides is 3. The van der Waals surface area contributed by atoms with Gasteiger partial charge in [-0.3, -0.25) is 0 Å². The monoisotopic (exact) mass is 240 g/mol. The van der Waals surface area contributed by atoms with E-state index in [9.17, 15) is 13.2 Å². The van der Waals surface area contributed by atoms with Crippen LogP contribution in [0.15, 0.2) is 18.2 Å². The van der Waals surface area contributed by atoms with E-state index >= 15 is 0 Å². The highest BCUT2D eigenvalue weighted by molar-refractivity contribution is 6.30. The van der Waals surface area contributed by atoms with E-state index in [1.54, 1.807) is 13.0 Å². The Labute approximate surface area is 91.8 Å². The third-order valence-electron chi connectivity index (χ3n) is 1.25. The summed E-state index contributed by atoms with van der Waals surface area (Å²) in [6, 6.07) is 3.92. The highest BCUT2D eigenvalue weighted by Crippen LogP contribution is 2.26. The molecule has 0 fully saturated rings. The standard InChI is InChI=1S/C8H6ClF3O.C2H6/c1-5-2-6(9)4-7(3-5)13-8(10,11)12;1-2/h2-4H,1H3;1-2H3. The van der Waals surface area contributed by atoms with Crippen molar-refractivity contribution >= 4 is 11.6 Å². The Hall–Kier alpha value is -0.900. The van der Waals surface area contributed by atoms with Crippen LogP contribution in [-0.4, -0.2) is 6.36 Å². The van der Waals surface area contributed by atoms with Crippen LogP contribution in [0, 0.1) is 6.92 Å². The lowest BCUT2D eigenvalue weighted by molar-refractivity contribution is -0.274. The van der Waals surface area contributed by atoms with E-state index in [2.05, 4.69) is 4.74 Å². The van der Waals surface area contributed by atoms with Crippen molar-refractivity contribution in [2.45, 2.75) is 27.1 Å². The summed E-state index contributed by atoms with van der Waals surface area (Å²) in [5.41, 5.74) is 0.617. The maximum absolute atomic E-state index is 11.7. The molecule has 1 aromatic carbocycles. The number of halogens is 4. The number of aryl methyl sites for hydroxylation is 1. The molecule has 1 rings (SSSR count). The van der Waals surface area contributed by atoms with Crippen LogP contribution in [0.2, 0.25) is 5.02 Å². The average molecular weight is 241 g/mol. The third kappa shape index (κ3) is 6.23. The molecular weight excluding hydrogens is 229 g/mol. The number of rotatable bonds is 1. The molecule has 0 aromatic heterocycles. The van der Waals surface area contributed by atoms with Crippen molar-refractivity contribution < 1.29 is 17.9 Å². The Morgan fingerprint density at radius 2 is 1.67 bits per heavy atom. The summed E-state index contributed by atoms with van der Waals surface area (Å²) in [4.78, 5) is 0. The van der Waals surface area contributed by atoms with Crippen LogP contribution in [0.4, 0.5) is 13.2 Å². The molecule has 0 saturated heterocycles. The number of hydrogen-bond acceptors (Lipinski definition) is 1. The van der Waals surface area contributed by atoms with Crippen molar-refractivity contribution in [1.82, 2.24) is 0 Å². The van der Waals surface area contributed by atoms with E-state index in [0.29, 0.717) is 5.56 Å². The maximum atomic E-state index is 11.7. The van der Waals surface area contributed by atoms with Gasteiger partial charge in [0.1, 0.15) is 5.75 Å². The van der Waals surface area contributed by atoms with Crippen LogP contribution in [0.25, 0.3) is 0 Å². The lowest BCUT2D eigenvalue weighted by atomic mass is 10.2. The Morgan fingerprint density at radius 1 is 1.13 bits per heavy atom. The van der Waals surface area contributed by atoms with Crippen LogP contribution in [0.1, 0.15) is 19.4 Å². The second kappa shape index (κ2) is 5.85. The molecule has 1 aromatic rings. The molecule has 0 spiro atoms. The summed E-state index contributed by atoms with van der Waals surface area (Å²) >= 11 is 5.53. The Kier molecular flexibility index (Phi) is 5.50. The van der Waals surface area contributed by atoms with Crippen molar-refractivity contribution in [3.63, 3.8) is 0 Å². The summed E-state index contributed by atoms with van der Waals surface area (Å²) in [5.74, 6) is -0.294. The van der Waals surface area contributed by atoms with E-state index in [1.807, 2.05) is 13.8 Å². The van der Waals surface area contributed by atoms with Crippen molar-refractivity contribution in [3.05, 3.63) is 28.8 Å². The molecule has 0 saturated carbocycles. The van der Waals surface area contributed by atoms with Crippen LogP contribution >= 0.6 is 11.6 Å². The summed E-state index contributed by atoms with van der Waals surface area (Å²) in [6.07, 6.45) is -4.67. The van der Waals surface area contributed by atoms with E-state index < -0.39 is 6.36 Å². The minimum Gasteiger partial charge on any atom is -0.406 e. The summed E-state index contributed by atoms with van der Waals surface area (Å²) in [7, 11) is 0. The average Bonchev–Trinajstić information content (AvgIpc) is 2.02. The fraction of sp³-hybridized carbons (Fsp3) is 0.400. The van der Waals surface area contributed by atoms with E-state index in [1.165, 1.54) is 6.07 Å². The molecular formula is C10H12ClF3O. The molecule has 0 unspecified atom stereocenters. The van der Waals surface area contributed by atoms with Crippen LogP contribution < -0.4 is 4.74 Å². The van der Waals surface area contributed by atoms with Gasteiger partial charge in [0.2, 0.25) is 0 Å². The van der Waals surface area contributed by atoms with E-state index in [0.717, 1.165) is 6.07 Å². The largest absolute Gasteiger partial charge is 0.573 e. The van der Waals surface area contributed by atoms with Crippen molar-refractivity contribution in [3.8, 4) is 5.75 Å². The first-order chi connectivity index (χ1) is 6.87. The fourth-order valence-electron chi connectivity index (χ4n) is 0.895. The van der Waals surface area contributed by atoms with Crippen LogP contribution in [0.3, 0.4) is 0 Å². The van der Waals surface area contributed by atoms with Gasteiger partial charge >= 0.3 is 6.36 Å². The fourth-order valence-corrected chi connectivity index (χ4v) is 1.17. The first kappa shape index (κ1) is 14.1. The first-order valence-corrected chi connectivity index (χ1v) is 4.77. The zero-order valence-electron chi connectivity index (χ0n) is 8.65. The smallest absolute Gasteiger partial charge is 0.406 e. The second-order valence-electron chi connectivity index (χ2n) is 2.51. The Morgan fingerprint density at radius 3 is 2.07 bits per heavy atom. The maximum Gasteiger partial charge on any atom is 0.573 e. The first-order valence-electron chi connectivity index (χ1n) is 4.40. The van der Waals surface area contributed by atoms with Gasteiger partial charge in [0.15, 0.2) is 0 Å².